The molecule has 1 aliphatic rings. The van der Waals surface area contributed by atoms with Crippen molar-refractivity contribution in [1.29, 1.82) is 0 Å². The monoisotopic (exact) mass is 431 g/mol. The summed E-state index contributed by atoms with van der Waals surface area (Å²) in [5, 5.41) is 3.23. The lowest BCUT2D eigenvalue weighted by molar-refractivity contribution is -0.136. The number of hydrogen-bond donors (Lipinski definition) is 1. The topological polar surface area (TPSA) is 35.6 Å². The maximum atomic E-state index is 12.7. The number of nitrogens with one attached hydrogen (secondary N) is 1. The highest BCUT2D eigenvalue weighted by Crippen LogP contribution is 2.22. The Morgan fingerprint density at radius 3 is 2.48 bits per heavy atom. The van der Waals surface area contributed by atoms with Crippen LogP contribution >= 0.6 is 28.3 Å². The summed E-state index contributed by atoms with van der Waals surface area (Å²) in [6, 6.07) is 8.13. The Kier molecular flexibility index (Phi) is 10.0. The third-order valence-electron chi connectivity index (χ3n) is 5.07. The van der Waals surface area contributed by atoms with Crippen LogP contribution in [0.15, 0.2) is 28.7 Å². The fourth-order valence-electron chi connectivity index (χ4n) is 3.39. The molecule has 0 aliphatic carbocycles. The molecule has 25 heavy (non-hydrogen) atoms. The molecule has 4 nitrogen and oxygen atoms in total. The van der Waals surface area contributed by atoms with Crippen LogP contribution in [-0.2, 0) is 11.3 Å². The summed E-state index contributed by atoms with van der Waals surface area (Å²) in [5.74, 6) is 1.02. The minimum Gasteiger partial charge on any atom is -0.340 e. The van der Waals surface area contributed by atoms with Gasteiger partial charge in [-0.05, 0) is 76.5 Å². The second-order valence-corrected chi connectivity index (χ2v) is 7.78. The second kappa shape index (κ2) is 11.2. The summed E-state index contributed by atoms with van der Waals surface area (Å²) in [6.07, 6.45) is 3.65. The van der Waals surface area contributed by atoms with E-state index in [1.54, 1.807) is 0 Å². The molecule has 1 N–H and O–H groups in total. The molecule has 1 aromatic rings. The minimum atomic E-state index is -0.0318. The fraction of sp³-hybridized carbons (Fsp3) is 0.632. The number of benzene rings is 1. The van der Waals surface area contributed by atoms with Crippen LogP contribution < -0.4 is 5.32 Å². The van der Waals surface area contributed by atoms with Crippen molar-refractivity contribution in [1.82, 2.24) is 15.1 Å². The van der Waals surface area contributed by atoms with Gasteiger partial charge in [-0.1, -0.05) is 28.1 Å². The molecule has 1 heterocycles. The van der Waals surface area contributed by atoms with Crippen LogP contribution in [0.5, 0.6) is 0 Å². The van der Waals surface area contributed by atoms with Gasteiger partial charge >= 0.3 is 0 Å². The van der Waals surface area contributed by atoms with Crippen LogP contribution in [0.25, 0.3) is 0 Å². The highest BCUT2D eigenvalue weighted by Gasteiger charge is 2.28. The summed E-state index contributed by atoms with van der Waals surface area (Å²) >= 11 is 3.45. The number of carbonyl (C=O) groups is 1. The van der Waals surface area contributed by atoms with Crippen molar-refractivity contribution in [2.45, 2.75) is 38.8 Å². The van der Waals surface area contributed by atoms with E-state index in [9.17, 15) is 4.79 Å². The van der Waals surface area contributed by atoms with E-state index in [0.29, 0.717) is 6.54 Å². The van der Waals surface area contributed by atoms with Gasteiger partial charge in [-0.25, -0.2) is 0 Å². The number of hydrogen-bond acceptors (Lipinski definition) is 3. The number of nitrogens with zero attached hydrogens (tertiary/aromatic N) is 2. The first-order chi connectivity index (χ1) is 11.5. The van der Waals surface area contributed by atoms with Gasteiger partial charge in [-0.15, -0.1) is 12.4 Å². The van der Waals surface area contributed by atoms with Crippen LogP contribution in [-0.4, -0.2) is 55.5 Å². The Balaban J connectivity index is 0.00000312. The molecule has 0 radical (unpaired) electrons. The highest BCUT2D eigenvalue weighted by molar-refractivity contribution is 9.10. The lowest BCUT2D eigenvalue weighted by atomic mass is 9.92. The van der Waals surface area contributed by atoms with E-state index in [1.165, 1.54) is 19.3 Å². The lowest BCUT2D eigenvalue weighted by Gasteiger charge is -2.36. The van der Waals surface area contributed by atoms with Gasteiger partial charge in [0.15, 0.2) is 0 Å². The smallest absolute Gasteiger partial charge is 0.239 e. The number of likely N-dealkylation sites (N-methyl/N-ethyl adjacent to an activating group) is 1. The summed E-state index contributed by atoms with van der Waals surface area (Å²) in [5.41, 5.74) is 1.16. The number of rotatable bonds is 7. The quantitative estimate of drug-likeness (QED) is 0.716. The number of piperidine rings is 1. The number of likely N-dealkylation sites (tertiary alicyclic amines) is 1. The molecule has 6 heteroatoms. The molecule has 0 spiro atoms. The van der Waals surface area contributed by atoms with E-state index in [4.69, 9.17) is 0 Å². The zero-order chi connectivity index (χ0) is 17.5. The van der Waals surface area contributed by atoms with Crippen molar-refractivity contribution in [2.75, 3.05) is 33.7 Å². The summed E-state index contributed by atoms with van der Waals surface area (Å²) in [4.78, 5) is 16.9. The van der Waals surface area contributed by atoms with Crippen molar-refractivity contribution in [3.63, 3.8) is 0 Å². The molecule has 2 rings (SSSR count). The van der Waals surface area contributed by atoms with Crippen LogP contribution in [0, 0.1) is 5.92 Å². The van der Waals surface area contributed by atoms with E-state index in [2.05, 4.69) is 38.3 Å². The molecule has 1 aliphatic heterocycles. The molecule has 0 saturated carbocycles. The van der Waals surface area contributed by atoms with Crippen LogP contribution in [0.2, 0.25) is 0 Å². The average molecular weight is 433 g/mol. The standard InChI is InChI=1S/C19H30BrN3O.ClH/c1-15(23-12-9-16(10-13-23)8-11-21-2)19(24)22(3)14-17-4-6-18(20)7-5-17;/h4-7,15-16,21H,8-14H2,1-3H3;1H. The fourth-order valence-corrected chi connectivity index (χ4v) is 3.66. The Bertz CT molecular complexity index is 518. The molecule has 1 fully saturated rings. The van der Waals surface area contributed by atoms with Crippen molar-refractivity contribution in [3.8, 4) is 0 Å². The first-order valence-electron chi connectivity index (χ1n) is 8.89. The first kappa shape index (κ1) is 22.4. The molecule has 1 unspecified atom stereocenters. The number of amides is 1. The van der Waals surface area contributed by atoms with Crippen LogP contribution in [0.3, 0.4) is 0 Å². The molecule has 1 aromatic carbocycles. The summed E-state index contributed by atoms with van der Waals surface area (Å²) < 4.78 is 1.06. The molecule has 1 saturated heterocycles. The predicted octanol–water partition coefficient (Wildman–Crippen LogP) is 3.54. The SMILES string of the molecule is CNCCC1CCN(C(C)C(=O)N(C)Cc2ccc(Br)cc2)CC1.Cl. The lowest BCUT2D eigenvalue weighted by Crippen LogP contribution is -2.48. The van der Waals surface area contributed by atoms with Gasteiger partial charge in [0.2, 0.25) is 5.91 Å². The molecular weight excluding hydrogens is 402 g/mol. The molecule has 0 aromatic heterocycles. The molecule has 1 atom stereocenters. The number of carbonyl (C=O) groups excluding carboxylic acids is 1. The molecular formula is C19H31BrClN3O. The Morgan fingerprint density at radius 1 is 1.32 bits per heavy atom. The maximum Gasteiger partial charge on any atom is 0.239 e. The first-order valence-corrected chi connectivity index (χ1v) is 9.68. The van der Waals surface area contributed by atoms with Gasteiger partial charge in [0.1, 0.15) is 0 Å². The van der Waals surface area contributed by atoms with E-state index < -0.39 is 0 Å². The zero-order valence-electron chi connectivity index (χ0n) is 15.5. The van der Waals surface area contributed by atoms with E-state index in [0.717, 1.165) is 35.6 Å². The number of halogens is 2. The van der Waals surface area contributed by atoms with Gasteiger partial charge in [0.25, 0.3) is 0 Å². The Labute approximate surface area is 166 Å². The van der Waals surface area contributed by atoms with E-state index in [1.807, 2.05) is 38.1 Å². The van der Waals surface area contributed by atoms with Gasteiger partial charge < -0.3 is 10.2 Å². The Morgan fingerprint density at radius 2 is 1.92 bits per heavy atom. The minimum absolute atomic E-state index is 0. The van der Waals surface area contributed by atoms with Crippen LogP contribution in [0.4, 0.5) is 0 Å². The molecule has 1 amide bonds. The van der Waals surface area contributed by atoms with Crippen molar-refractivity contribution < 1.29 is 4.79 Å². The second-order valence-electron chi connectivity index (χ2n) is 6.87. The zero-order valence-corrected chi connectivity index (χ0v) is 17.9. The third-order valence-corrected chi connectivity index (χ3v) is 5.59. The third kappa shape index (κ3) is 6.89. The van der Waals surface area contributed by atoms with Crippen molar-refractivity contribution >= 4 is 34.2 Å². The maximum absolute atomic E-state index is 12.7. The molecule has 142 valence electrons. The van der Waals surface area contributed by atoms with Gasteiger partial charge in [-0.2, -0.15) is 0 Å². The Hall–Kier alpha value is -0.620. The highest BCUT2D eigenvalue weighted by atomic mass is 79.9. The normalized spacial score (nSPS) is 17.0. The van der Waals surface area contributed by atoms with Crippen molar-refractivity contribution in [2.24, 2.45) is 5.92 Å². The van der Waals surface area contributed by atoms with E-state index in [-0.39, 0.29) is 24.4 Å². The van der Waals surface area contributed by atoms with Gasteiger partial charge in [0, 0.05) is 18.1 Å². The van der Waals surface area contributed by atoms with Gasteiger partial charge in [0.05, 0.1) is 6.04 Å². The van der Waals surface area contributed by atoms with E-state index >= 15 is 0 Å². The summed E-state index contributed by atoms with van der Waals surface area (Å²) in [7, 11) is 3.91. The van der Waals surface area contributed by atoms with Crippen LogP contribution in [0.1, 0.15) is 31.7 Å². The van der Waals surface area contributed by atoms with Gasteiger partial charge in [-0.3, -0.25) is 9.69 Å². The molecule has 0 bridgehead atoms. The largest absolute Gasteiger partial charge is 0.340 e. The average Bonchev–Trinajstić information content (AvgIpc) is 2.61. The predicted molar refractivity (Wildman–Crippen MR) is 110 cm³/mol. The van der Waals surface area contributed by atoms with Crippen molar-refractivity contribution in [3.05, 3.63) is 34.3 Å². The summed E-state index contributed by atoms with van der Waals surface area (Å²) in [6.45, 7) is 5.87.